The molecule has 5 aliphatic rings. The highest BCUT2D eigenvalue weighted by Crippen LogP contribution is 2.70. The summed E-state index contributed by atoms with van der Waals surface area (Å²) in [5.41, 5.74) is 39.5. The fraction of sp³-hybridized carbons (Fsp3) is 0.0909. The summed E-state index contributed by atoms with van der Waals surface area (Å²) in [4.78, 5) is 4.89. The maximum Gasteiger partial charge on any atom is 0.144 e. The summed E-state index contributed by atoms with van der Waals surface area (Å²) < 4.78 is 14.1. The van der Waals surface area contributed by atoms with Crippen LogP contribution in [0.4, 0.5) is 34.1 Å². The Bertz CT molecular complexity index is 6370. The standard InChI is InChI=1S/C99H68N2O2/c1-5-59-55-64(49-51-67(59)90-66(6-2)95-94(73-35-17-20-38-78(73)97(95,3)4)96-93(90)75-37-19-26-44-88(75)103-96)101(63-47-45-62(46-48-63)100(60-27-9-7-10-28-60)61-29-11-8-12-30-61)65-50-52-72-76-57-86-77(58-85(76)99(84(72)56-65)81-41-23-15-33-70(81)71-34-16-24-42-82(71)99)91-83(53-54-89-92(91)74-36-18-25-43-87(74)102-89)98(86)79-39-21-13-31-68(79)69-32-14-22-40-80(69)98/h7-58H,5-6H2,1-4H3. The number of rotatable bonds is 9. The number of aryl methyl sites for hydroxylation is 1. The van der Waals surface area contributed by atoms with E-state index in [1.54, 1.807) is 0 Å². The van der Waals surface area contributed by atoms with Crippen LogP contribution < -0.4 is 9.80 Å². The van der Waals surface area contributed by atoms with Gasteiger partial charge in [0.05, 0.1) is 10.8 Å². The lowest BCUT2D eigenvalue weighted by atomic mass is 9.68. The number of hydrogen-bond donors (Lipinski definition) is 0. The lowest BCUT2D eigenvalue weighted by molar-refractivity contribution is 0.647. The lowest BCUT2D eigenvalue weighted by Crippen LogP contribution is -2.27. The largest absolute Gasteiger partial charge is 0.456 e. The number of anilines is 6. The highest BCUT2D eigenvalue weighted by Gasteiger charge is 2.57. The summed E-state index contributed by atoms with van der Waals surface area (Å²) in [6, 6.07) is 119. The van der Waals surface area contributed by atoms with Gasteiger partial charge in [0, 0.05) is 66.6 Å². The van der Waals surface area contributed by atoms with Crippen LogP contribution in [0.1, 0.15) is 94.5 Å². The van der Waals surface area contributed by atoms with Crippen LogP contribution in [0.15, 0.2) is 324 Å². The first-order valence-electron chi connectivity index (χ1n) is 36.5. The molecule has 0 bridgehead atoms. The fourth-order valence-corrected chi connectivity index (χ4v) is 20.2. The van der Waals surface area contributed by atoms with Crippen molar-refractivity contribution in [1.29, 1.82) is 0 Å². The molecule has 5 aliphatic carbocycles. The predicted molar refractivity (Wildman–Crippen MR) is 425 cm³/mol. The van der Waals surface area contributed by atoms with Gasteiger partial charge in [0.25, 0.3) is 0 Å². The van der Waals surface area contributed by atoms with Gasteiger partial charge in [-0.2, -0.15) is 0 Å². The van der Waals surface area contributed by atoms with Gasteiger partial charge >= 0.3 is 0 Å². The maximum atomic E-state index is 7.19. The molecule has 486 valence electrons. The van der Waals surface area contributed by atoms with Crippen LogP contribution in [0.3, 0.4) is 0 Å². The van der Waals surface area contributed by atoms with Crippen LogP contribution in [-0.2, 0) is 29.1 Å². The van der Waals surface area contributed by atoms with E-state index in [9.17, 15) is 0 Å². The second kappa shape index (κ2) is 21.3. The van der Waals surface area contributed by atoms with Crippen LogP contribution in [0.25, 0.3) is 111 Å². The van der Waals surface area contributed by atoms with Crippen molar-refractivity contribution >= 4 is 78.0 Å². The minimum atomic E-state index is -0.715. The molecule has 0 saturated carbocycles. The Morgan fingerprint density at radius 3 is 1.28 bits per heavy atom. The summed E-state index contributed by atoms with van der Waals surface area (Å²) in [7, 11) is 0. The number of benzene rings is 15. The van der Waals surface area contributed by atoms with Crippen molar-refractivity contribution in [3.05, 3.63) is 382 Å². The molecule has 0 aliphatic heterocycles. The highest BCUT2D eigenvalue weighted by atomic mass is 16.3. The second-order valence-corrected chi connectivity index (χ2v) is 29.3. The number of para-hydroxylation sites is 4. The van der Waals surface area contributed by atoms with Crippen LogP contribution >= 0.6 is 0 Å². The summed E-state index contributed by atoms with van der Waals surface area (Å²) in [5.74, 6) is 0. The summed E-state index contributed by atoms with van der Waals surface area (Å²) >= 11 is 0. The minimum absolute atomic E-state index is 0.253. The van der Waals surface area contributed by atoms with Gasteiger partial charge in [-0.15, -0.1) is 0 Å². The van der Waals surface area contributed by atoms with Crippen molar-refractivity contribution in [1.82, 2.24) is 0 Å². The molecular weight excluding hydrogens is 1250 g/mol. The molecule has 2 heterocycles. The number of hydrogen-bond acceptors (Lipinski definition) is 4. The fourth-order valence-electron chi connectivity index (χ4n) is 20.2. The van der Waals surface area contributed by atoms with Crippen LogP contribution in [0.2, 0.25) is 0 Å². The Morgan fingerprint density at radius 2 is 0.699 bits per heavy atom. The third-order valence-corrected chi connectivity index (χ3v) is 24.2. The SMILES string of the molecule is CCc1cc(N(c2ccc(N(c3ccccc3)c3ccccc3)cc2)c2ccc3c(c2)C2(c4ccccc4-c4ccccc42)c2cc4c(cc2-3)C2(c3ccccc3-c3ccccc32)c2ccc3oc5ccccc5c3c2-4)ccc1-c1c(CC)c2c(c3oc4ccccc4c13)-c1ccccc1C2(C)C. The van der Waals surface area contributed by atoms with Gasteiger partial charge < -0.3 is 18.6 Å². The Balaban J connectivity index is 0.807. The lowest BCUT2D eigenvalue weighted by Gasteiger charge is -2.33. The summed E-state index contributed by atoms with van der Waals surface area (Å²) in [5, 5.41) is 4.64. The molecule has 0 saturated heterocycles. The van der Waals surface area contributed by atoms with Crippen molar-refractivity contribution in [2.24, 2.45) is 0 Å². The topological polar surface area (TPSA) is 32.8 Å². The molecule has 0 atom stereocenters. The van der Waals surface area contributed by atoms with Crippen molar-refractivity contribution < 1.29 is 8.83 Å². The highest BCUT2D eigenvalue weighted by molar-refractivity contribution is 6.20. The molecule has 15 aromatic carbocycles. The molecule has 4 heteroatoms. The third kappa shape index (κ3) is 7.54. The molecule has 2 aromatic heterocycles. The van der Waals surface area contributed by atoms with Gasteiger partial charge in [0.2, 0.25) is 0 Å². The molecule has 17 aromatic rings. The van der Waals surface area contributed by atoms with E-state index < -0.39 is 10.8 Å². The molecule has 2 spiro atoms. The van der Waals surface area contributed by atoms with E-state index in [4.69, 9.17) is 8.83 Å². The molecule has 0 fully saturated rings. The molecule has 0 radical (unpaired) electrons. The van der Waals surface area contributed by atoms with Crippen molar-refractivity contribution in [2.75, 3.05) is 9.80 Å². The second-order valence-electron chi connectivity index (χ2n) is 29.3. The zero-order chi connectivity index (χ0) is 68.2. The van der Waals surface area contributed by atoms with E-state index >= 15 is 0 Å². The normalized spacial score (nSPS) is 14.3. The smallest absolute Gasteiger partial charge is 0.144 e. The quantitative estimate of drug-likeness (QED) is 0.144. The molecule has 4 nitrogen and oxygen atoms in total. The van der Waals surface area contributed by atoms with E-state index in [1.807, 2.05) is 0 Å². The first-order valence-corrected chi connectivity index (χ1v) is 36.5. The third-order valence-electron chi connectivity index (χ3n) is 24.2. The van der Waals surface area contributed by atoms with Gasteiger partial charge in [-0.05, 0) is 244 Å². The molecule has 0 amide bonds. The van der Waals surface area contributed by atoms with E-state index in [-0.39, 0.29) is 5.41 Å². The van der Waals surface area contributed by atoms with Gasteiger partial charge in [-0.25, -0.2) is 0 Å². The molecule has 0 N–H and O–H groups in total. The Labute approximate surface area is 598 Å². The first-order chi connectivity index (χ1) is 50.8. The number of fused-ring (bicyclic) bond motifs is 31. The Kier molecular flexibility index (Phi) is 12.0. The molecule has 103 heavy (non-hydrogen) atoms. The average Bonchev–Trinajstić information content (AvgIpc) is 1.49. The zero-order valence-electron chi connectivity index (χ0n) is 57.6. The van der Waals surface area contributed by atoms with E-state index in [0.717, 1.165) is 80.1 Å². The maximum absolute atomic E-state index is 7.19. The Morgan fingerprint density at radius 1 is 0.272 bits per heavy atom. The monoisotopic (exact) mass is 1320 g/mol. The van der Waals surface area contributed by atoms with E-state index in [1.165, 1.54) is 144 Å². The van der Waals surface area contributed by atoms with Gasteiger partial charge in [0.15, 0.2) is 0 Å². The Hall–Kier alpha value is -12.5. The summed E-state index contributed by atoms with van der Waals surface area (Å²) in [6.45, 7) is 9.52. The van der Waals surface area contributed by atoms with E-state index in [2.05, 4.69) is 353 Å². The van der Waals surface area contributed by atoms with Gasteiger partial charge in [-0.3, -0.25) is 0 Å². The zero-order valence-corrected chi connectivity index (χ0v) is 57.6. The van der Waals surface area contributed by atoms with Crippen molar-refractivity contribution in [2.45, 2.75) is 56.8 Å². The van der Waals surface area contributed by atoms with Crippen LogP contribution in [-0.4, -0.2) is 0 Å². The molecule has 22 rings (SSSR count). The van der Waals surface area contributed by atoms with Crippen molar-refractivity contribution in [3.63, 3.8) is 0 Å². The minimum Gasteiger partial charge on any atom is -0.456 e. The molecule has 0 unspecified atom stereocenters. The van der Waals surface area contributed by atoms with E-state index in [0.29, 0.717) is 0 Å². The number of furan rings is 2. The number of nitrogens with zero attached hydrogens (tertiary/aromatic N) is 2. The van der Waals surface area contributed by atoms with Crippen LogP contribution in [0, 0.1) is 0 Å². The van der Waals surface area contributed by atoms with Crippen molar-refractivity contribution in [3.8, 4) is 66.8 Å². The first kappa shape index (κ1) is 58.3. The van der Waals surface area contributed by atoms with Gasteiger partial charge in [0.1, 0.15) is 22.3 Å². The average molecular weight is 1320 g/mol. The predicted octanol–water partition coefficient (Wildman–Crippen LogP) is 26.2. The van der Waals surface area contributed by atoms with Gasteiger partial charge in [-0.1, -0.05) is 240 Å². The summed E-state index contributed by atoms with van der Waals surface area (Å²) in [6.07, 6.45) is 1.67. The molecular formula is C99H68N2O2. The van der Waals surface area contributed by atoms with Crippen LogP contribution in [0.5, 0.6) is 0 Å².